The Hall–Kier alpha value is -2.21. The number of carbonyl (C=O) groups is 2. The molecule has 1 aromatic carbocycles. The number of thioether (sulfide) groups is 1. The van der Waals surface area contributed by atoms with E-state index in [4.69, 9.17) is 4.42 Å². The highest BCUT2D eigenvalue weighted by atomic mass is 32.2. The topological polar surface area (TPSA) is 71.3 Å². The van der Waals surface area contributed by atoms with Gasteiger partial charge in [-0.05, 0) is 38.1 Å². The second-order valence-electron chi connectivity index (χ2n) is 5.15. The minimum absolute atomic E-state index is 0.0433. The van der Waals surface area contributed by atoms with Gasteiger partial charge in [-0.3, -0.25) is 9.59 Å². The highest BCUT2D eigenvalue weighted by Crippen LogP contribution is 2.23. The molecule has 5 nitrogen and oxygen atoms in total. The van der Waals surface area contributed by atoms with Gasteiger partial charge in [0, 0.05) is 4.90 Å². The Balaban J connectivity index is 1.70. The minimum Gasteiger partial charge on any atom is -0.467 e. The number of rotatable bonds is 7. The number of aryl methyl sites for hydroxylation is 1. The zero-order chi connectivity index (χ0) is 16.7. The molecule has 23 heavy (non-hydrogen) atoms. The molecule has 1 aromatic heterocycles. The zero-order valence-electron chi connectivity index (χ0n) is 13.2. The van der Waals surface area contributed by atoms with Crippen molar-refractivity contribution in [2.75, 3.05) is 6.54 Å². The lowest BCUT2D eigenvalue weighted by Crippen LogP contribution is -2.39. The van der Waals surface area contributed by atoms with Gasteiger partial charge in [-0.25, -0.2) is 0 Å². The molecular weight excluding hydrogens is 312 g/mol. The van der Waals surface area contributed by atoms with Gasteiger partial charge in [-0.2, -0.15) is 0 Å². The Morgan fingerprint density at radius 2 is 1.91 bits per heavy atom. The summed E-state index contributed by atoms with van der Waals surface area (Å²) in [6.07, 6.45) is 1.55. The first-order chi connectivity index (χ1) is 11.0. The van der Waals surface area contributed by atoms with E-state index in [0.29, 0.717) is 12.3 Å². The highest BCUT2D eigenvalue weighted by Gasteiger charge is 2.15. The van der Waals surface area contributed by atoms with Crippen molar-refractivity contribution in [1.82, 2.24) is 10.6 Å². The van der Waals surface area contributed by atoms with Crippen LogP contribution in [0.2, 0.25) is 0 Å². The molecule has 0 spiro atoms. The molecule has 0 saturated carbocycles. The molecule has 122 valence electrons. The van der Waals surface area contributed by atoms with Crippen molar-refractivity contribution < 1.29 is 14.0 Å². The molecule has 0 saturated heterocycles. The third kappa shape index (κ3) is 5.83. The van der Waals surface area contributed by atoms with Crippen LogP contribution in [0.1, 0.15) is 18.2 Å². The van der Waals surface area contributed by atoms with Gasteiger partial charge < -0.3 is 15.1 Å². The van der Waals surface area contributed by atoms with Gasteiger partial charge in [0.15, 0.2) is 0 Å². The Morgan fingerprint density at radius 3 is 2.57 bits per heavy atom. The first-order valence-corrected chi connectivity index (χ1v) is 8.22. The third-order valence-corrected chi connectivity index (χ3v) is 4.28. The van der Waals surface area contributed by atoms with Gasteiger partial charge in [-0.15, -0.1) is 11.8 Å². The molecule has 1 heterocycles. The van der Waals surface area contributed by atoms with E-state index in [9.17, 15) is 9.59 Å². The fourth-order valence-corrected chi connectivity index (χ4v) is 2.74. The summed E-state index contributed by atoms with van der Waals surface area (Å²) in [5.41, 5.74) is 1.18. The van der Waals surface area contributed by atoms with E-state index in [1.165, 1.54) is 17.3 Å². The van der Waals surface area contributed by atoms with Crippen molar-refractivity contribution in [3.63, 3.8) is 0 Å². The maximum absolute atomic E-state index is 12.0. The lowest BCUT2D eigenvalue weighted by molar-refractivity contribution is -0.125. The number of benzene rings is 1. The van der Waals surface area contributed by atoms with Crippen molar-refractivity contribution in [3.05, 3.63) is 54.0 Å². The van der Waals surface area contributed by atoms with E-state index in [1.807, 2.05) is 38.1 Å². The standard InChI is InChI=1S/C17H20N2O3S/c1-12-5-7-15(8-6-12)23-13(2)17(21)19-11-16(20)18-10-14-4-3-9-22-14/h3-9,13H,10-11H2,1-2H3,(H,18,20)(H,19,21). The summed E-state index contributed by atoms with van der Waals surface area (Å²) >= 11 is 1.46. The Morgan fingerprint density at radius 1 is 1.17 bits per heavy atom. The molecule has 0 radical (unpaired) electrons. The van der Waals surface area contributed by atoms with E-state index < -0.39 is 0 Å². The van der Waals surface area contributed by atoms with Gasteiger partial charge in [-0.1, -0.05) is 17.7 Å². The molecule has 1 atom stereocenters. The second kappa shape index (κ2) is 8.43. The molecule has 1 unspecified atom stereocenters. The number of hydrogen-bond acceptors (Lipinski definition) is 4. The minimum atomic E-state index is -0.268. The molecule has 0 bridgehead atoms. The van der Waals surface area contributed by atoms with Crippen LogP contribution in [-0.4, -0.2) is 23.6 Å². The molecule has 2 N–H and O–H groups in total. The van der Waals surface area contributed by atoms with E-state index in [2.05, 4.69) is 10.6 Å². The lowest BCUT2D eigenvalue weighted by atomic mass is 10.2. The number of nitrogens with one attached hydrogen (secondary N) is 2. The predicted molar refractivity (Wildman–Crippen MR) is 90.1 cm³/mol. The largest absolute Gasteiger partial charge is 0.467 e. The number of carbonyl (C=O) groups excluding carboxylic acids is 2. The van der Waals surface area contributed by atoms with Crippen LogP contribution < -0.4 is 10.6 Å². The summed E-state index contributed by atoms with van der Waals surface area (Å²) in [6, 6.07) is 11.5. The van der Waals surface area contributed by atoms with Crippen molar-refractivity contribution in [1.29, 1.82) is 0 Å². The van der Waals surface area contributed by atoms with Gasteiger partial charge in [0.2, 0.25) is 11.8 Å². The molecule has 0 fully saturated rings. The fourth-order valence-electron chi connectivity index (χ4n) is 1.85. The maximum Gasteiger partial charge on any atom is 0.239 e. The maximum atomic E-state index is 12.0. The normalized spacial score (nSPS) is 11.7. The van der Waals surface area contributed by atoms with Crippen LogP contribution in [0.15, 0.2) is 52.0 Å². The van der Waals surface area contributed by atoms with E-state index >= 15 is 0 Å². The van der Waals surface area contributed by atoms with Crippen LogP contribution in [0, 0.1) is 6.92 Å². The van der Waals surface area contributed by atoms with Crippen molar-refractivity contribution in [2.45, 2.75) is 30.5 Å². The van der Waals surface area contributed by atoms with Crippen LogP contribution in [0.3, 0.4) is 0 Å². The second-order valence-corrected chi connectivity index (χ2v) is 6.56. The average Bonchev–Trinajstić information content (AvgIpc) is 3.06. The summed E-state index contributed by atoms with van der Waals surface area (Å²) in [5.74, 6) is 0.263. The summed E-state index contributed by atoms with van der Waals surface area (Å²) in [6.45, 7) is 4.11. The van der Waals surface area contributed by atoms with Gasteiger partial charge in [0.25, 0.3) is 0 Å². The first kappa shape index (κ1) is 17.1. The molecule has 2 rings (SSSR count). The van der Waals surface area contributed by atoms with Gasteiger partial charge >= 0.3 is 0 Å². The van der Waals surface area contributed by atoms with E-state index in [1.54, 1.807) is 18.4 Å². The molecule has 0 aliphatic heterocycles. The predicted octanol–water partition coefficient (Wildman–Crippen LogP) is 2.50. The smallest absolute Gasteiger partial charge is 0.239 e. The zero-order valence-corrected chi connectivity index (χ0v) is 14.0. The summed E-state index contributed by atoms with van der Waals surface area (Å²) in [4.78, 5) is 24.7. The Bertz CT molecular complexity index is 638. The Labute approximate surface area is 139 Å². The van der Waals surface area contributed by atoms with E-state index in [-0.39, 0.29) is 23.6 Å². The summed E-state index contributed by atoms with van der Waals surface area (Å²) < 4.78 is 5.12. The van der Waals surface area contributed by atoms with Crippen LogP contribution >= 0.6 is 11.8 Å². The molecule has 0 aliphatic carbocycles. The van der Waals surface area contributed by atoms with Crippen LogP contribution in [0.5, 0.6) is 0 Å². The van der Waals surface area contributed by atoms with E-state index in [0.717, 1.165) is 4.90 Å². The number of amides is 2. The summed E-state index contributed by atoms with van der Waals surface area (Å²) in [5, 5.41) is 5.05. The van der Waals surface area contributed by atoms with Gasteiger partial charge in [0.1, 0.15) is 5.76 Å². The van der Waals surface area contributed by atoms with Crippen LogP contribution in [0.25, 0.3) is 0 Å². The van der Waals surface area contributed by atoms with Gasteiger partial charge in [0.05, 0.1) is 24.6 Å². The van der Waals surface area contributed by atoms with Crippen molar-refractivity contribution in [3.8, 4) is 0 Å². The third-order valence-electron chi connectivity index (χ3n) is 3.17. The molecule has 0 aliphatic rings. The quantitative estimate of drug-likeness (QED) is 0.764. The monoisotopic (exact) mass is 332 g/mol. The van der Waals surface area contributed by atoms with Crippen LogP contribution in [0.4, 0.5) is 0 Å². The Kier molecular flexibility index (Phi) is 6.29. The molecule has 2 amide bonds. The highest BCUT2D eigenvalue weighted by molar-refractivity contribution is 8.00. The number of furan rings is 1. The van der Waals surface area contributed by atoms with Crippen molar-refractivity contribution in [2.24, 2.45) is 0 Å². The average molecular weight is 332 g/mol. The van der Waals surface area contributed by atoms with Crippen molar-refractivity contribution >= 4 is 23.6 Å². The molecule has 2 aromatic rings. The van der Waals surface area contributed by atoms with Crippen LogP contribution in [-0.2, 0) is 16.1 Å². The molecule has 6 heteroatoms. The molecular formula is C17H20N2O3S. The lowest BCUT2D eigenvalue weighted by Gasteiger charge is -2.12. The SMILES string of the molecule is Cc1ccc(SC(C)C(=O)NCC(=O)NCc2ccco2)cc1. The summed E-state index contributed by atoms with van der Waals surface area (Å²) in [7, 11) is 0. The first-order valence-electron chi connectivity index (χ1n) is 7.34. The fraction of sp³-hybridized carbons (Fsp3) is 0.294. The number of hydrogen-bond donors (Lipinski definition) is 2.